The number of anilines is 1. The van der Waals surface area contributed by atoms with Gasteiger partial charge in [-0.25, -0.2) is 4.79 Å². The molecule has 1 aliphatic rings. The first-order valence-corrected chi connectivity index (χ1v) is 8.20. The Labute approximate surface area is 137 Å². The molecule has 2 rings (SSSR count). The highest BCUT2D eigenvalue weighted by Crippen LogP contribution is 2.14. The summed E-state index contributed by atoms with van der Waals surface area (Å²) in [5, 5.41) is 5.81. The minimum atomic E-state index is -0.0571. The Bertz CT molecular complexity index is 590. The van der Waals surface area contributed by atoms with Gasteiger partial charge in [0.1, 0.15) is 0 Å². The maximum Gasteiger partial charge on any atom is 0.321 e. The number of amides is 3. The van der Waals surface area contributed by atoms with Gasteiger partial charge in [0.25, 0.3) is 0 Å². The van der Waals surface area contributed by atoms with Crippen LogP contribution in [0.2, 0.25) is 0 Å². The van der Waals surface area contributed by atoms with Crippen LogP contribution in [-0.2, 0) is 11.3 Å². The molecular formula is C18H25N3O2. The zero-order valence-electron chi connectivity index (χ0n) is 13.9. The van der Waals surface area contributed by atoms with E-state index in [9.17, 15) is 9.59 Å². The fourth-order valence-electron chi connectivity index (χ4n) is 2.60. The fourth-order valence-corrected chi connectivity index (χ4v) is 2.60. The molecule has 0 bridgehead atoms. The summed E-state index contributed by atoms with van der Waals surface area (Å²) >= 11 is 0. The average molecular weight is 315 g/mol. The van der Waals surface area contributed by atoms with Crippen molar-refractivity contribution >= 4 is 17.6 Å². The van der Waals surface area contributed by atoms with Gasteiger partial charge in [-0.1, -0.05) is 25.1 Å². The number of nitrogens with one attached hydrogen (secondary N) is 2. The van der Waals surface area contributed by atoms with E-state index in [2.05, 4.69) is 10.6 Å². The summed E-state index contributed by atoms with van der Waals surface area (Å²) in [5.74, 6) is -0.0571. The lowest BCUT2D eigenvalue weighted by Crippen LogP contribution is -2.32. The molecule has 23 heavy (non-hydrogen) atoms. The molecule has 2 N–H and O–H groups in total. The zero-order valence-corrected chi connectivity index (χ0v) is 13.9. The van der Waals surface area contributed by atoms with Crippen LogP contribution >= 0.6 is 0 Å². The van der Waals surface area contributed by atoms with Crippen molar-refractivity contribution in [3.63, 3.8) is 0 Å². The molecule has 1 heterocycles. The zero-order chi connectivity index (χ0) is 16.7. The molecule has 0 unspecified atom stereocenters. The van der Waals surface area contributed by atoms with Gasteiger partial charge in [-0.2, -0.15) is 0 Å². The summed E-state index contributed by atoms with van der Waals surface area (Å²) in [4.78, 5) is 25.8. The van der Waals surface area contributed by atoms with E-state index in [0.717, 1.165) is 49.2 Å². The smallest absolute Gasteiger partial charge is 0.321 e. The van der Waals surface area contributed by atoms with Crippen LogP contribution in [0.3, 0.4) is 0 Å². The summed E-state index contributed by atoms with van der Waals surface area (Å²) in [7, 11) is 0. The van der Waals surface area contributed by atoms with Crippen LogP contribution < -0.4 is 10.6 Å². The average Bonchev–Trinajstić information content (AvgIpc) is 3.08. The van der Waals surface area contributed by atoms with E-state index in [1.165, 1.54) is 0 Å². The van der Waals surface area contributed by atoms with Crippen molar-refractivity contribution in [3.05, 3.63) is 41.5 Å². The molecule has 0 spiro atoms. The standard InChI is InChI=1S/C18H25N3O2/c1-3-7-14(2)17(22)19-13-15-8-6-9-16(12-15)20-18(23)21-10-4-5-11-21/h6-9,12H,3-5,10-11,13H2,1-2H3,(H,19,22)(H,20,23). The third-order valence-corrected chi connectivity index (χ3v) is 3.89. The van der Waals surface area contributed by atoms with E-state index in [-0.39, 0.29) is 11.9 Å². The van der Waals surface area contributed by atoms with E-state index < -0.39 is 0 Å². The number of allylic oxidation sites excluding steroid dienone is 1. The Kier molecular flexibility index (Phi) is 6.20. The van der Waals surface area contributed by atoms with Crippen LogP contribution in [0.15, 0.2) is 35.9 Å². The number of benzene rings is 1. The molecule has 3 amide bonds. The lowest BCUT2D eigenvalue weighted by Gasteiger charge is -2.16. The Morgan fingerprint density at radius 1 is 1.26 bits per heavy atom. The van der Waals surface area contributed by atoms with Gasteiger partial charge in [-0.05, 0) is 43.9 Å². The van der Waals surface area contributed by atoms with Crippen molar-refractivity contribution in [1.29, 1.82) is 0 Å². The maximum absolute atomic E-state index is 12.1. The number of hydrogen-bond donors (Lipinski definition) is 2. The third-order valence-electron chi connectivity index (χ3n) is 3.89. The van der Waals surface area contributed by atoms with Crippen LogP contribution in [0.1, 0.15) is 38.7 Å². The topological polar surface area (TPSA) is 61.4 Å². The minimum absolute atomic E-state index is 0.0505. The monoisotopic (exact) mass is 315 g/mol. The van der Waals surface area contributed by atoms with Crippen molar-refractivity contribution in [2.24, 2.45) is 0 Å². The van der Waals surface area contributed by atoms with Crippen LogP contribution in [-0.4, -0.2) is 29.9 Å². The molecule has 1 aromatic rings. The summed E-state index contributed by atoms with van der Waals surface area (Å²) in [6.45, 7) is 5.91. The van der Waals surface area contributed by atoms with Crippen molar-refractivity contribution < 1.29 is 9.59 Å². The van der Waals surface area contributed by atoms with Crippen LogP contribution in [0.5, 0.6) is 0 Å². The van der Waals surface area contributed by atoms with Gasteiger partial charge in [-0.15, -0.1) is 0 Å². The largest absolute Gasteiger partial charge is 0.348 e. The molecule has 1 saturated heterocycles. The number of carbonyl (C=O) groups excluding carboxylic acids is 2. The Hall–Kier alpha value is -2.30. The Morgan fingerprint density at radius 2 is 2.00 bits per heavy atom. The lowest BCUT2D eigenvalue weighted by atomic mass is 10.2. The van der Waals surface area contributed by atoms with Gasteiger partial charge in [0, 0.05) is 30.9 Å². The van der Waals surface area contributed by atoms with Crippen molar-refractivity contribution in [2.75, 3.05) is 18.4 Å². The highest BCUT2D eigenvalue weighted by molar-refractivity contribution is 5.92. The fraction of sp³-hybridized carbons (Fsp3) is 0.444. The van der Waals surface area contributed by atoms with Crippen LogP contribution in [0.25, 0.3) is 0 Å². The minimum Gasteiger partial charge on any atom is -0.348 e. The van der Waals surface area contributed by atoms with Crippen molar-refractivity contribution in [2.45, 2.75) is 39.7 Å². The van der Waals surface area contributed by atoms with Crippen molar-refractivity contribution in [1.82, 2.24) is 10.2 Å². The molecule has 1 aromatic carbocycles. The van der Waals surface area contributed by atoms with Crippen LogP contribution in [0.4, 0.5) is 10.5 Å². The second-order valence-electron chi connectivity index (χ2n) is 5.80. The molecule has 5 nitrogen and oxygen atoms in total. The molecule has 0 atom stereocenters. The Balaban J connectivity index is 1.90. The first-order valence-electron chi connectivity index (χ1n) is 8.20. The first kappa shape index (κ1) is 17.1. The summed E-state index contributed by atoms with van der Waals surface area (Å²) in [5.41, 5.74) is 2.45. The summed E-state index contributed by atoms with van der Waals surface area (Å²) in [6.07, 6.45) is 4.90. The SMILES string of the molecule is CCC=C(C)C(=O)NCc1cccc(NC(=O)N2CCCC2)c1. The van der Waals surface area contributed by atoms with E-state index in [1.807, 2.05) is 49.1 Å². The first-order chi connectivity index (χ1) is 11.1. The third kappa shape index (κ3) is 5.13. The molecule has 0 saturated carbocycles. The number of rotatable bonds is 5. The second kappa shape index (κ2) is 8.36. The highest BCUT2D eigenvalue weighted by Gasteiger charge is 2.17. The number of likely N-dealkylation sites (tertiary alicyclic amines) is 1. The highest BCUT2D eigenvalue weighted by atomic mass is 16.2. The number of nitrogens with zero attached hydrogens (tertiary/aromatic N) is 1. The van der Waals surface area contributed by atoms with E-state index in [4.69, 9.17) is 0 Å². The van der Waals surface area contributed by atoms with Gasteiger partial charge >= 0.3 is 6.03 Å². The maximum atomic E-state index is 12.1. The van der Waals surface area contributed by atoms with Crippen LogP contribution in [0, 0.1) is 0 Å². The summed E-state index contributed by atoms with van der Waals surface area (Å²) < 4.78 is 0. The van der Waals surface area contributed by atoms with E-state index in [0.29, 0.717) is 6.54 Å². The molecule has 124 valence electrons. The molecule has 1 aliphatic heterocycles. The molecular weight excluding hydrogens is 290 g/mol. The molecule has 0 radical (unpaired) electrons. The van der Waals surface area contributed by atoms with E-state index >= 15 is 0 Å². The van der Waals surface area contributed by atoms with Gasteiger partial charge in [0.2, 0.25) is 5.91 Å². The number of hydrogen-bond acceptors (Lipinski definition) is 2. The molecule has 0 aromatic heterocycles. The lowest BCUT2D eigenvalue weighted by molar-refractivity contribution is -0.117. The van der Waals surface area contributed by atoms with Gasteiger partial charge in [0.15, 0.2) is 0 Å². The Morgan fingerprint density at radius 3 is 2.70 bits per heavy atom. The van der Waals surface area contributed by atoms with E-state index in [1.54, 1.807) is 0 Å². The number of carbonyl (C=O) groups is 2. The molecule has 1 fully saturated rings. The number of urea groups is 1. The van der Waals surface area contributed by atoms with Gasteiger partial charge in [0.05, 0.1) is 0 Å². The van der Waals surface area contributed by atoms with Crippen molar-refractivity contribution in [3.8, 4) is 0 Å². The summed E-state index contributed by atoms with van der Waals surface area (Å²) in [6, 6.07) is 7.53. The van der Waals surface area contributed by atoms with Gasteiger partial charge in [-0.3, -0.25) is 4.79 Å². The molecule has 0 aliphatic carbocycles. The quantitative estimate of drug-likeness (QED) is 0.819. The predicted molar refractivity (Wildman–Crippen MR) is 92.2 cm³/mol. The second-order valence-corrected chi connectivity index (χ2v) is 5.80. The van der Waals surface area contributed by atoms with Gasteiger partial charge < -0.3 is 15.5 Å². The predicted octanol–water partition coefficient (Wildman–Crippen LogP) is 3.29. The normalized spacial score (nSPS) is 14.7. The molecule has 5 heteroatoms.